The third-order valence-electron chi connectivity index (χ3n) is 6.59. The van der Waals surface area contributed by atoms with Crippen molar-refractivity contribution < 1.29 is 0 Å². The largest absolute Gasteiger partial charge is 0.367 e. The van der Waals surface area contributed by atoms with Gasteiger partial charge in [-0.1, -0.05) is 54.1 Å². The quantitative estimate of drug-likeness (QED) is 0.348. The van der Waals surface area contributed by atoms with Gasteiger partial charge in [0.1, 0.15) is 5.82 Å². The van der Waals surface area contributed by atoms with Crippen LogP contribution < -0.4 is 4.90 Å². The number of nitrogens with zero attached hydrogens (tertiary/aromatic N) is 3. The number of allylic oxidation sites excluding steroid dienone is 2. The fourth-order valence-electron chi connectivity index (χ4n) is 4.86. The number of likely N-dealkylation sites (N-methyl/N-ethyl adjacent to an activating group) is 1. The van der Waals surface area contributed by atoms with Gasteiger partial charge in [-0.2, -0.15) is 0 Å². The Bertz CT molecular complexity index is 1370. The smallest absolute Gasteiger partial charge is 0.145 e. The van der Waals surface area contributed by atoms with E-state index in [4.69, 9.17) is 4.98 Å². The number of hydrogen-bond acceptors (Lipinski definition) is 3. The zero-order valence-corrected chi connectivity index (χ0v) is 19.3. The summed E-state index contributed by atoms with van der Waals surface area (Å²) in [7, 11) is 2.20. The summed E-state index contributed by atoms with van der Waals surface area (Å²) in [6.45, 7) is 4.27. The van der Waals surface area contributed by atoms with Gasteiger partial charge < -0.3 is 4.90 Å². The summed E-state index contributed by atoms with van der Waals surface area (Å²) in [6, 6.07) is 20.2. The summed E-state index contributed by atoms with van der Waals surface area (Å²) >= 11 is 1.79. The molecule has 6 rings (SSSR count). The first kappa shape index (κ1) is 19.3. The molecule has 1 aliphatic carbocycles. The molecule has 0 saturated heterocycles. The van der Waals surface area contributed by atoms with Crippen LogP contribution in [0.4, 0.5) is 5.69 Å². The molecule has 3 nitrogen and oxygen atoms in total. The average molecular weight is 436 g/mol. The summed E-state index contributed by atoms with van der Waals surface area (Å²) in [5, 5.41) is 0. The molecular formula is C28H25N3S. The van der Waals surface area contributed by atoms with Crippen LogP contribution in [0.2, 0.25) is 0 Å². The Labute approximate surface area is 193 Å². The number of thiophene rings is 1. The molecular weight excluding hydrogens is 410 g/mol. The van der Waals surface area contributed by atoms with Crippen molar-refractivity contribution in [1.29, 1.82) is 0 Å². The zero-order valence-electron chi connectivity index (χ0n) is 18.5. The standard InChI is InChI=1S/C28H25N3S/c1-18-8-12-21(13-9-18)31-17-24(27-15-10-19(2)32-27)29-28(31)20-11-14-23-22-6-4-5-7-25(22)30(3)26(23)16-20/h4-17,22,25H,1-3H3. The van der Waals surface area contributed by atoms with E-state index in [1.165, 1.54) is 26.6 Å². The van der Waals surface area contributed by atoms with Crippen molar-refractivity contribution >= 4 is 17.0 Å². The normalized spacial score (nSPS) is 18.8. The highest BCUT2D eigenvalue weighted by Gasteiger charge is 2.34. The van der Waals surface area contributed by atoms with Crippen LogP contribution in [0.25, 0.3) is 27.6 Å². The number of fused-ring (bicyclic) bond motifs is 3. The molecule has 2 aromatic heterocycles. The fraction of sp³-hybridized carbons (Fsp3) is 0.179. The van der Waals surface area contributed by atoms with E-state index in [1.54, 1.807) is 11.3 Å². The summed E-state index contributed by atoms with van der Waals surface area (Å²) in [5.74, 6) is 1.41. The Balaban J connectivity index is 1.50. The highest BCUT2D eigenvalue weighted by Crippen LogP contribution is 2.44. The minimum absolute atomic E-state index is 0.395. The maximum absolute atomic E-state index is 5.13. The maximum atomic E-state index is 5.13. The second-order valence-electron chi connectivity index (χ2n) is 8.74. The molecule has 4 heteroatoms. The third-order valence-corrected chi connectivity index (χ3v) is 7.61. The molecule has 0 radical (unpaired) electrons. The summed E-state index contributed by atoms with van der Waals surface area (Å²) in [6.07, 6.45) is 11.1. The van der Waals surface area contributed by atoms with E-state index < -0.39 is 0 Å². The van der Waals surface area contributed by atoms with Crippen molar-refractivity contribution in [2.45, 2.75) is 25.8 Å². The van der Waals surface area contributed by atoms with Gasteiger partial charge >= 0.3 is 0 Å². The molecule has 1 aliphatic heterocycles. The molecule has 32 heavy (non-hydrogen) atoms. The molecule has 0 amide bonds. The first-order valence-corrected chi connectivity index (χ1v) is 11.9. The third kappa shape index (κ3) is 3.06. The predicted octanol–water partition coefficient (Wildman–Crippen LogP) is 6.91. The van der Waals surface area contributed by atoms with Crippen molar-refractivity contribution in [3.8, 4) is 27.6 Å². The number of anilines is 1. The first-order chi connectivity index (χ1) is 15.6. The predicted molar refractivity (Wildman–Crippen MR) is 135 cm³/mol. The minimum atomic E-state index is 0.395. The van der Waals surface area contributed by atoms with E-state index in [0.717, 1.165) is 22.8 Å². The molecule has 0 N–H and O–H groups in total. The van der Waals surface area contributed by atoms with Crippen LogP contribution in [0.3, 0.4) is 0 Å². The van der Waals surface area contributed by atoms with Crippen LogP contribution >= 0.6 is 11.3 Å². The van der Waals surface area contributed by atoms with E-state index in [2.05, 4.69) is 115 Å². The van der Waals surface area contributed by atoms with Crippen molar-refractivity contribution in [3.63, 3.8) is 0 Å². The van der Waals surface area contributed by atoms with Gasteiger partial charge in [-0.25, -0.2) is 4.98 Å². The van der Waals surface area contributed by atoms with Crippen molar-refractivity contribution in [1.82, 2.24) is 9.55 Å². The molecule has 2 atom stereocenters. The summed E-state index contributed by atoms with van der Waals surface area (Å²) in [4.78, 5) is 10.0. The number of imidazole rings is 1. The molecule has 2 aliphatic rings. The SMILES string of the molecule is Cc1ccc(-n2cc(-c3ccc(C)s3)nc2-c2ccc3c(c2)N(C)C2C=CC=CC32)cc1. The van der Waals surface area contributed by atoms with E-state index in [-0.39, 0.29) is 0 Å². The number of benzene rings is 2. The van der Waals surface area contributed by atoms with Gasteiger partial charge in [0.25, 0.3) is 0 Å². The van der Waals surface area contributed by atoms with Gasteiger partial charge in [-0.05, 0) is 49.7 Å². The summed E-state index contributed by atoms with van der Waals surface area (Å²) < 4.78 is 2.23. The second-order valence-corrected chi connectivity index (χ2v) is 10.0. The topological polar surface area (TPSA) is 21.1 Å². The summed E-state index contributed by atoms with van der Waals surface area (Å²) in [5.41, 5.74) is 7.23. The van der Waals surface area contributed by atoms with Crippen LogP contribution in [-0.4, -0.2) is 22.6 Å². The van der Waals surface area contributed by atoms with Crippen LogP contribution in [-0.2, 0) is 0 Å². The van der Waals surface area contributed by atoms with Crippen LogP contribution in [0.15, 0.2) is 85.1 Å². The number of rotatable bonds is 3. The van der Waals surface area contributed by atoms with Crippen LogP contribution in [0.5, 0.6) is 0 Å². The van der Waals surface area contributed by atoms with Gasteiger partial charge in [0.2, 0.25) is 0 Å². The highest BCUT2D eigenvalue weighted by atomic mass is 32.1. The van der Waals surface area contributed by atoms with Crippen LogP contribution in [0, 0.1) is 13.8 Å². The Morgan fingerprint density at radius 2 is 1.72 bits per heavy atom. The molecule has 4 aromatic rings. The molecule has 0 saturated carbocycles. The Morgan fingerprint density at radius 1 is 0.906 bits per heavy atom. The van der Waals surface area contributed by atoms with E-state index >= 15 is 0 Å². The van der Waals surface area contributed by atoms with E-state index in [1.807, 2.05) is 0 Å². The average Bonchev–Trinajstić information content (AvgIpc) is 3.51. The lowest BCUT2D eigenvalue weighted by molar-refractivity contribution is 0.723. The molecule has 0 bridgehead atoms. The lowest BCUT2D eigenvalue weighted by Gasteiger charge is -2.24. The Kier molecular flexibility index (Phi) is 4.44. The monoisotopic (exact) mass is 435 g/mol. The number of hydrogen-bond donors (Lipinski definition) is 0. The molecule has 2 unspecified atom stereocenters. The number of aryl methyl sites for hydroxylation is 2. The molecule has 0 fully saturated rings. The minimum Gasteiger partial charge on any atom is -0.367 e. The van der Waals surface area contributed by atoms with Crippen LogP contribution in [0.1, 0.15) is 21.9 Å². The molecule has 0 spiro atoms. The first-order valence-electron chi connectivity index (χ1n) is 11.0. The number of aromatic nitrogens is 2. The van der Waals surface area contributed by atoms with E-state index in [9.17, 15) is 0 Å². The second kappa shape index (κ2) is 7.35. The van der Waals surface area contributed by atoms with Gasteiger partial charge in [-0.15, -0.1) is 11.3 Å². The van der Waals surface area contributed by atoms with Crippen molar-refractivity contribution in [2.24, 2.45) is 0 Å². The Hall–Kier alpha value is -3.37. The Morgan fingerprint density at radius 3 is 2.50 bits per heavy atom. The molecule has 158 valence electrons. The molecule has 2 aromatic carbocycles. The van der Waals surface area contributed by atoms with Gasteiger partial charge in [0.05, 0.1) is 16.6 Å². The lowest BCUT2D eigenvalue weighted by atomic mass is 9.91. The maximum Gasteiger partial charge on any atom is 0.145 e. The van der Waals surface area contributed by atoms with Crippen molar-refractivity contribution in [3.05, 3.63) is 101 Å². The molecule has 3 heterocycles. The lowest BCUT2D eigenvalue weighted by Crippen LogP contribution is -2.28. The zero-order chi connectivity index (χ0) is 21.8. The van der Waals surface area contributed by atoms with Crippen molar-refractivity contribution in [2.75, 3.05) is 11.9 Å². The van der Waals surface area contributed by atoms with Gasteiger partial charge in [0.15, 0.2) is 0 Å². The van der Waals surface area contributed by atoms with Gasteiger partial charge in [-0.3, -0.25) is 4.57 Å². The highest BCUT2D eigenvalue weighted by molar-refractivity contribution is 7.15. The van der Waals surface area contributed by atoms with E-state index in [0.29, 0.717) is 12.0 Å². The fourth-order valence-corrected chi connectivity index (χ4v) is 5.68. The van der Waals surface area contributed by atoms with Gasteiger partial charge in [0, 0.05) is 41.0 Å².